The molecule has 0 aliphatic carbocycles. The number of aliphatic hydroxyl groups excluding tert-OH is 1. The lowest BCUT2D eigenvalue weighted by atomic mass is 10.0. The van der Waals surface area contributed by atoms with E-state index >= 15 is 0 Å². The molecule has 0 radical (unpaired) electrons. The molecule has 12 nitrogen and oxygen atoms in total. The van der Waals surface area contributed by atoms with Crippen LogP contribution in [0.3, 0.4) is 0 Å². The Labute approximate surface area is 168 Å². The lowest BCUT2D eigenvalue weighted by Gasteiger charge is -2.24. The first-order valence-electron chi connectivity index (χ1n) is 9.07. The van der Waals surface area contributed by atoms with E-state index in [9.17, 15) is 34.2 Å². The number of carboxylic acids is 2. The maximum atomic E-state index is 12.4. The molecule has 0 spiro atoms. The quantitative estimate of drug-likeness (QED) is 0.183. The van der Waals surface area contributed by atoms with Gasteiger partial charge in [0.2, 0.25) is 17.7 Å². The summed E-state index contributed by atoms with van der Waals surface area (Å²) in [6.45, 7) is 5.76. The van der Waals surface area contributed by atoms with Crippen LogP contribution in [0.1, 0.15) is 40.5 Å². The van der Waals surface area contributed by atoms with Crippen LogP contribution < -0.4 is 21.7 Å². The van der Waals surface area contributed by atoms with Gasteiger partial charge in [0.15, 0.2) is 0 Å². The lowest BCUT2D eigenvalue weighted by Crippen LogP contribution is -2.57. The molecular weight excluding hydrogens is 388 g/mol. The number of nitrogens with one attached hydrogen (secondary N) is 3. The van der Waals surface area contributed by atoms with Crippen molar-refractivity contribution in [3.8, 4) is 0 Å². The van der Waals surface area contributed by atoms with Gasteiger partial charge in [0.25, 0.3) is 0 Å². The summed E-state index contributed by atoms with van der Waals surface area (Å²) < 4.78 is 0. The third kappa shape index (κ3) is 9.34. The maximum absolute atomic E-state index is 12.4. The molecule has 0 aliphatic heterocycles. The van der Waals surface area contributed by atoms with Crippen LogP contribution in [-0.2, 0) is 24.0 Å². The van der Waals surface area contributed by atoms with Crippen LogP contribution in [0, 0.1) is 5.92 Å². The van der Waals surface area contributed by atoms with E-state index in [1.165, 1.54) is 13.8 Å². The number of carboxylic acid groups (broad SMARTS) is 2. The van der Waals surface area contributed by atoms with Gasteiger partial charge in [-0.1, -0.05) is 13.8 Å². The smallest absolute Gasteiger partial charge is 0.326 e. The van der Waals surface area contributed by atoms with Crippen LogP contribution in [0.25, 0.3) is 0 Å². The molecule has 3 amide bonds. The maximum Gasteiger partial charge on any atom is 0.326 e. The highest BCUT2D eigenvalue weighted by molar-refractivity contribution is 5.94. The minimum Gasteiger partial charge on any atom is -0.481 e. The summed E-state index contributed by atoms with van der Waals surface area (Å²) in [6.07, 6.45) is -1.89. The summed E-state index contributed by atoms with van der Waals surface area (Å²) >= 11 is 0. The van der Waals surface area contributed by atoms with Crippen LogP contribution >= 0.6 is 0 Å². The van der Waals surface area contributed by atoms with E-state index in [1.54, 1.807) is 13.8 Å². The monoisotopic (exact) mass is 418 g/mol. The Kier molecular flexibility index (Phi) is 10.8. The average molecular weight is 418 g/mol. The van der Waals surface area contributed by atoms with Crippen molar-refractivity contribution in [1.29, 1.82) is 0 Å². The van der Waals surface area contributed by atoms with Crippen molar-refractivity contribution in [1.82, 2.24) is 16.0 Å². The second-order valence-corrected chi connectivity index (χ2v) is 7.06. The SMILES string of the molecule is CC(NC(=O)C(N)C(C)O)C(=O)NC(CCC(=O)O)C(=O)NC(C(=O)O)C(C)C. The molecule has 0 saturated heterocycles. The third-order valence-corrected chi connectivity index (χ3v) is 4.08. The summed E-state index contributed by atoms with van der Waals surface area (Å²) in [7, 11) is 0. The molecule has 5 unspecified atom stereocenters. The lowest BCUT2D eigenvalue weighted by molar-refractivity contribution is -0.144. The molecular formula is C17H30N4O8. The van der Waals surface area contributed by atoms with Gasteiger partial charge < -0.3 is 37.0 Å². The van der Waals surface area contributed by atoms with Gasteiger partial charge in [-0.3, -0.25) is 19.2 Å². The topological polar surface area (TPSA) is 208 Å². The van der Waals surface area contributed by atoms with Gasteiger partial charge in [0, 0.05) is 6.42 Å². The number of hydrogen-bond donors (Lipinski definition) is 7. The van der Waals surface area contributed by atoms with Crippen LogP contribution in [0.15, 0.2) is 0 Å². The first kappa shape index (κ1) is 26.3. The summed E-state index contributed by atoms with van der Waals surface area (Å²) in [4.78, 5) is 58.7. The van der Waals surface area contributed by atoms with E-state index in [4.69, 9.17) is 10.8 Å². The molecule has 0 aliphatic rings. The normalized spacial score (nSPS) is 16.1. The Bertz CT molecular complexity index is 623. The highest BCUT2D eigenvalue weighted by atomic mass is 16.4. The largest absolute Gasteiger partial charge is 0.481 e. The first-order valence-corrected chi connectivity index (χ1v) is 9.07. The molecule has 0 aromatic rings. The number of hydrogen-bond acceptors (Lipinski definition) is 7. The Morgan fingerprint density at radius 2 is 1.41 bits per heavy atom. The Balaban J connectivity index is 5.19. The number of aliphatic carboxylic acids is 2. The average Bonchev–Trinajstić information content (AvgIpc) is 2.60. The zero-order valence-electron chi connectivity index (χ0n) is 16.8. The van der Waals surface area contributed by atoms with Gasteiger partial charge in [-0.05, 0) is 26.2 Å². The van der Waals surface area contributed by atoms with Crippen molar-refractivity contribution in [3.05, 3.63) is 0 Å². The van der Waals surface area contributed by atoms with Crippen molar-refractivity contribution < 1.29 is 39.3 Å². The predicted molar refractivity (Wildman–Crippen MR) is 100 cm³/mol. The Hall–Kier alpha value is -2.73. The molecule has 0 rings (SSSR count). The molecule has 0 bridgehead atoms. The molecule has 166 valence electrons. The highest BCUT2D eigenvalue weighted by Crippen LogP contribution is 2.05. The molecule has 8 N–H and O–H groups in total. The molecule has 29 heavy (non-hydrogen) atoms. The predicted octanol–water partition coefficient (Wildman–Crippen LogP) is -2.23. The number of aliphatic hydroxyl groups is 1. The third-order valence-electron chi connectivity index (χ3n) is 4.08. The highest BCUT2D eigenvalue weighted by Gasteiger charge is 2.30. The van der Waals surface area contributed by atoms with E-state index in [1.807, 2.05) is 0 Å². The Morgan fingerprint density at radius 3 is 1.83 bits per heavy atom. The standard InChI is InChI=1S/C17H30N4O8/c1-7(2)13(17(28)29)21-15(26)10(5-6-11(23)24)20-14(25)8(3)19-16(27)12(18)9(4)22/h7-10,12-13,22H,5-6,18H2,1-4H3,(H,19,27)(H,20,25)(H,21,26)(H,23,24)(H,28,29). The molecule has 5 atom stereocenters. The fourth-order valence-electron chi connectivity index (χ4n) is 2.19. The van der Waals surface area contributed by atoms with E-state index in [2.05, 4.69) is 16.0 Å². The summed E-state index contributed by atoms with van der Waals surface area (Å²) in [5.74, 6) is -5.39. The minimum atomic E-state index is -1.33. The van der Waals surface area contributed by atoms with Crippen LogP contribution in [-0.4, -0.2) is 75.3 Å². The fraction of sp³-hybridized carbons (Fsp3) is 0.706. The first-order chi connectivity index (χ1) is 13.3. The van der Waals surface area contributed by atoms with Crippen LogP contribution in [0.4, 0.5) is 0 Å². The van der Waals surface area contributed by atoms with Gasteiger partial charge in [-0.25, -0.2) is 4.79 Å². The van der Waals surface area contributed by atoms with Gasteiger partial charge in [0.05, 0.1) is 6.10 Å². The summed E-state index contributed by atoms with van der Waals surface area (Å²) in [5.41, 5.74) is 5.47. The number of nitrogens with two attached hydrogens (primary N) is 1. The summed E-state index contributed by atoms with van der Waals surface area (Å²) in [5, 5.41) is 34.2. The number of rotatable bonds is 12. The zero-order valence-corrected chi connectivity index (χ0v) is 16.8. The van der Waals surface area contributed by atoms with Gasteiger partial charge in [-0.2, -0.15) is 0 Å². The molecule has 0 saturated carbocycles. The fourth-order valence-corrected chi connectivity index (χ4v) is 2.19. The van der Waals surface area contributed by atoms with Gasteiger partial charge in [0.1, 0.15) is 24.2 Å². The van der Waals surface area contributed by atoms with E-state index in [0.717, 1.165) is 0 Å². The van der Waals surface area contributed by atoms with Crippen molar-refractivity contribution >= 4 is 29.7 Å². The summed E-state index contributed by atoms with van der Waals surface area (Å²) in [6, 6.07) is -4.97. The Morgan fingerprint density at radius 1 is 0.862 bits per heavy atom. The van der Waals surface area contributed by atoms with Crippen molar-refractivity contribution in [2.75, 3.05) is 0 Å². The van der Waals surface area contributed by atoms with Crippen molar-refractivity contribution in [2.24, 2.45) is 11.7 Å². The van der Waals surface area contributed by atoms with Crippen molar-refractivity contribution in [2.45, 2.75) is 70.8 Å². The van der Waals surface area contributed by atoms with Crippen molar-refractivity contribution in [3.63, 3.8) is 0 Å². The van der Waals surface area contributed by atoms with Crippen LogP contribution in [0.2, 0.25) is 0 Å². The second-order valence-electron chi connectivity index (χ2n) is 7.06. The van der Waals surface area contributed by atoms with E-state index < -0.39 is 72.3 Å². The minimum absolute atomic E-state index is 0.287. The van der Waals surface area contributed by atoms with E-state index in [-0.39, 0.29) is 6.42 Å². The molecule has 12 heteroatoms. The van der Waals surface area contributed by atoms with E-state index in [0.29, 0.717) is 0 Å². The number of carbonyl (C=O) groups excluding carboxylic acids is 3. The molecule has 0 fully saturated rings. The molecule has 0 aromatic carbocycles. The zero-order chi connectivity index (χ0) is 22.9. The number of amides is 3. The van der Waals surface area contributed by atoms with Gasteiger partial charge >= 0.3 is 11.9 Å². The van der Waals surface area contributed by atoms with Gasteiger partial charge in [-0.15, -0.1) is 0 Å². The second kappa shape index (κ2) is 12.0. The molecule has 0 aromatic heterocycles. The number of carbonyl (C=O) groups is 5. The van der Waals surface area contributed by atoms with Crippen LogP contribution in [0.5, 0.6) is 0 Å². The molecule has 0 heterocycles.